The van der Waals surface area contributed by atoms with Crippen LogP contribution < -0.4 is 5.32 Å². The number of nitro groups is 1. The fourth-order valence-corrected chi connectivity index (χ4v) is 2.23. The van der Waals surface area contributed by atoms with E-state index < -0.39 is 4.92 Å². The van der Waals surface area contributed by atoms with Gasteiger partial charge in [-0.2, -0.15) is 0 Å². The van der Waals surface area contributed by atoms with E-state index in [2.05, 4.69) is 26.2 Å². The SMILES string of the molecule is CC(Nc1ccc([N+](=O)[O-])c(Br)c1)c1cccnc1. The lowest BCUT2D eigenvalue weighted by molar-refractivity contribution is -0.385. The number of aromatic nitrogens is 1. The number of benzene rings is 1. The second-order valence-corrected chi connectivity index (χ2v) is 4.93. The molecule has 1 aromatic carbocycles. The Kier molecular flexibility index (Phi) is 4.11. The summed E-state index contributed by atoms with van der Waals surface area (Å²) in [5.74, 6) is 0. The molecule has 1 heterocycles. The van der Waals surface area contributed by atoms with E-state index in [0.29, 0.717) is 4.47 Å². The molecule has 0 saturated heterocycles. The van der Waals surface area contributed by atoms with Gasteiger partial charge in [-0.25, -0.2) is 0 Å². The van der Waals surface area contributed by atoms with E-state index in [1.54, 1.807) is 24.5 Å². The van der Waals surface area contributed by atoms with E-state index in [-0.39, 0.29) is 11.7 Å². The van der Waals surface area contributed by atoms with Gasteiger partial charge in [0.15, 0.2) is 0 Å². The molecule has 1 atom stereocenters. The zero-order valence-electron chi connectivity index (χ0n) is 10.2. The van der Waals surface area contributed by atoms with Gasteiger partial charge >= 0.3 is 0 Å². The van der Waals surface area contributed by atoms with Crippen molar-refractivity contribution in [2.75, 3.05) is 5.32 Å². The Labute approximate surface area is 119 Å². The number of nitrogens with zero attached hydrogens (tertiary/aromatic N) is 2. The van der Waals surface area contributed by atoms with E-state index in [1.165, 1.54) is 6.07 Å². The summed E-state index contributed by atoms with van der Waals surface area (Å²) >= 11 is 3.20. The molecule has 1 aromatic heterocycles. The predicted molar refractivity (Wildman–Crippen MR) is 77.1 cm³/mol. The van der Waals surface area contributed by atoms with Crippen molar-refractivity contribution in [3.05, 3.63) is 62.9 Å². The first-order chi connectivity index (χ1) is 9.08. The van der Waals surface area contributed by atoms with Crippen LogP contribution in [0.2, 0.25) is 0 Å². The standard InChI is InChI=1S/C13H12BrN3O2/c1-9(10-3-2-6-15-8-10)16-11-4-5-13(17(18)19)12(14)7-11/h2-9,16H,1H3. The molecule has 98 valence electrons. The molecule has 5 nitrogen and oxygen atoms in total. The van der Waals surface area contributed by atoms with Gasteiger partial charge in [-0.3, -0.25) is 15.1 Å². The number of hydrogen-bond acceptors (Lipinski definition) is 4. The Morgan fingerprint density at radius 1 is 1.42 bits per heavy atom. The summed E-state index contributed by atoms with van der Waals surface area (Å²) in [7, 11) is 0. The summed E-state index contributed by atoms with van der Waals surface area (Å²) < 4.78 is 0.459. The van der Waals surface area contributed by atoms with Crippen LogP contribution in [-0.4, -0.2) is 9.91 Å². The van der Waals surface area contributed by atoms with Gasteiger partial charge in [-0.05, 0) is 46.6 Å². The quantitative estimate of drug-likeness (QED) is 0.684. The largest absolute Gasteiger partial charge is 0.378 e. The number of rotatable bonds is 4. The first kappa shape index (κ1) is 13.5. The van der Waals surface area contributed by atoms with Gasteiger partial charge in [0, 0.05) is 24.1 Å². The van der Waals surface area contributed by atoms with Crippen LogP contribution >= 0.6 is 15.9 Å². The van der Waals surface area contributed by atoms with Crippen molar-refractivity contribution < 1.29 is 4.92 Å². The maximum Gasteiger partial charge on any atom is 0.283 e. The minimum atomic E-state index is -0.418. The zero-order valence-corrected chi connectivity index (χ0v) is 11.8. The van der Waals surface area contributed by atoms with E-state index in [4.69, 9.17) is 0 Å². The number of pyridine rings is 1. The minimum Gasteiger partial charge on any atom is -0.378 e. The number of hydrogen-bond donors (Lipinski definition) is 1. The molecule has 1 N–H and O–H groups in total. The van der Waals surface area contributed by atoms with Crippen LogP contribution in [-0.2, 0) is 0 Å². The van der Waals surface area contributed by atoms with E-state index in [1.807, 2.05) is 19.1 Å². The van der Waals surface area contributed by atoms with Gasteiger partial charge in [0.05, 0.1) is 15.4 Å². The molecule has 0 amide bonds. The monoisotopic (exact) mass is 321 g/mol. The lowest BCUT2D eigenvalue weighted by atomic mass is 10.1. The number of nitrogens with one attached hydrogen (secondary N) is 1. The Morgan fingerprint density at radius 3 is 2.79 bits per heavy atom. The van der Waals surface area contributed by atoms with Gasteiger partial charge in [-0.1, -0.05) is 6.07 Å². The highest BCUT2D eigenvalue weighted by Gasteiger charge is 2.12. The molecule has 0 aliphatic carbocycles. The van der Waals surface area contributed by atoms with Crippen LogP contribution in [0.5, 0.6) is 0 Å². The Bertz CT molecular complexity index is 590. The summed E-state index contributed by atoms with van der Waals surface area (Å²) in [6.07, 6.45) is 3.51. The third-order valence-electron chi connectivity index (χ3n) is 2.71. The van der Waals surface area contributed by atoms with Crippen LogP contribution in [0.3, 0.4) is 0 Å². The smallest absolute Gasteiger partial charge is 0.283 e. The predicted octanol–water partition coefficient (Wildman–Crippen LogP) is 3.93. The summed E-state index contributed by atoms with van der Waals surface area (Å²) in [6.45, 7) is 2.01. The lowest BCUT2D eigenvalue weighted by Gasteiger charge is -2.15. The normalized spacial score (nSPS) is 11.9. The molecule has 0 spiro atoms. The summed E-state index contributed by atoms with van der Waals surface area (Å²) in [5.41, 5.74) is 1.92. The number of halogens is 1. The molecule has 2 aromatic rings. The molecule has 0 aliphatic heterocycles. The summed E-state index contributed by atoms with van der Waals surface area (Å²) in [5, 5.41) is 14.0. The third-order valence-corrected chi connectivity index (χ3v) is 3.35. The van der Waals surface area contributed by atoms with Crippen molar-refractivity contribution in [3.8, 4) is 0 Å². The van der Waals surface area contributed by atoms with Crippen LogP contribution in [0.1, 0.15) is 18.5 Å². The number of nitro benzene ring substituents is 1. The van der Waals surface area contributed by atoms with Gasteiger partial charge in [-0.15, -0.1) is 0 Å². The molecule has 0 saturated carbocycles. The Balaban J connectivity index is 2.16. The van der Waals surface area contributed by atoms with Crippen molar-refractivity contribution in [2.45, 2.75) is 13.0 Å². The van der Waals surface area contributed by atoms with Gasteiger partial charge in [0.1, 0.15) is 0 Å². The topological polar surface area (TPSA) is 68.1 Å². The molecule has 0 aliphatic rings. The van der Waals surface area contributed by atoms with Gasteiger partial charge < -0.3 is 5.32 Å². The van der Waals surface area contributed by atoms with Crippen molar-refractivity contribution >= 4 is 27.3 Å². The van der Waals surface area contributed by atoms with E-state index in [0.717, 1.165) is 11.3 Å². The molecular weight excluding hydrogens is 310 g/mol. The lowest BCUT2D eigenvalue weighted by Crippen LogP contribution is -2.06. The molecule has 6 heteroatoms. The molecule has 0 fully saturated rings. The zero-order chi connectivity index (χ0) is 13.8. The molecule has 2 rings (SSSR count). The van der Waals surface area contributed by atoms with Gasteiger partial charge in [0.2, 0.25) is 0 Å². The first-order valence-corrected chi connectivity index (χ1v) is 6.47. The van der Waals surface area contributed by atoms with Crippen LogP contribution in [0.15, 0.2) is 47.2 Å². The van der Waals surface area contributed by atoms with E-state index >= 15 is 0 Å². The van der Waals surface area contributed by atoms with Gasteiger partial charge in [0.25, 0.3) is 5.69 Å². The highest BCUT2D eigenvalue weighted by Crippen LogP contribution is 2.29. The maximum absolute atomic E-state index is 10.7. The van der Waals surface area contributed by atoms with Crippen molar-refractivity contribution in [1.82, 2.24) is 4.98 Å². The third kappa shape index (κ3) is 3.29. The van der Waals surface area contributed by atoms with Crippen LogP contribution in [0, 0.1) is 10.1 Å². The molecule has 0 radical (unpaired) electrons. The summed E-state index contributed by atoms with van der Waals surface area (Å²) in [6, 6.07) is 8.79. The second-order valence-electron chi connectivity index (χ2n) is 4.08. The fourth-order valence-electron chi connectivity index (χ4n) is 1.71. The van der Waals surface area contributed by atoms with E-state index in [9.17, 15) is 10.1 Å². The average Bonchev–Trinajstić information content (AvgIpc) is 2.39. The molecule has 19 heavy (non-hydrogen) atoms. The first-order valence-electron chi connectivity index (χ1n) is 5.68. The molecule has 1 unspecified atom stereocenters. The van der Waals surface area contributed by atoms with Crippen LogP contribution in [0.25, 0.3) is 0 Å². The van der Waals surface area contributed by atoms with Crippen molar-refractivity contribution in [3.63, 3.8) is 0 Å². The average molecular weight is 322 g/mol. The summed E-state index contributed by atoms with van der Waals surface area (Å²) in [4.78, 5) is 14.4. The highest BCUT2D eigenvalue weighted by molar-refractivity contribution is 9.10. The molecule has 0 bridgehead atoms. The maximum atomic E-state index is 10.7. The highest BCUT2D eigenvalue weighted by atomic mass is 79.9. The minimum absolute atomic E-state index is 0.0552. The fraction of sp³-hybridized carbons (Fsp3) is 0.154. The Hall–Kier alpha value is -1.95. The van der Waals surface area contributed by atoms with Crippen LogP contribution in [0.4, 0.5) is 11.4 Å². The molecular formula is C13H12BrN3O2. The Morgan fingerprint density at radius 2 is 2.21 bits per heavy atom. The van der Waals surface area contributed by atoms with Crippen molar-refractivity contribution in [1.29, 1.82) is 0 Å². The second kappa shape index (κ2) is 5.79. The van der Waals surface area contributed by atoms with Crippen molar-refractivity contribution in [2.24, 2.45) is 0 Å². The number of anilines is 1.